The van der Waals surface area contributed by atoms with E-state index in [-0.39, 0.29) is 0 Å². The zero-order valence-corrected chi connectivity index (χ0v) is 10.3. The number of H-pyrrole nitrogens is 3. The number of hydrogen-bond acceptors (Lipinski definition) is 3. The van der Waals surface area contributed by atoms with Gasteiger partial charge in [-0.05, 0) is 12.2 Å². The lowest BCUT2D eigenvalue weighted by atomic mass is 10.2. The van der Waals surface area contributed by atoms with E-state index < -0.39 is 0 Å². The maximum Gasteiger partial charge on any atom is 0.177 e. The largest absolute Gasteiger partial charge is 0.334 e. The third kappa shape index (κ3) is 1.81. The fraction of sp³-hybridized carbons (Fsp3) is 0. The van der Waals surface area contributed by atoms with Crippen molar-refractivity contribution in [3.05, 3.63) is 39.7 Å². The van der Waals surface area contributed by atoms with E-state index in [0.29, 0.717) is 15.1 Å². The predicted octanol–water partition coefficient (Wildman–Crippen LogP) is 3.35. The highest BCUT2D eigenvalue weighted by Gasteiger charge is 2.06. The molecule has 0 aliphatic carbocycles. The monoisotopic (exact) mass is 260 g/mol. The van der Waals surface area contributed by atoms with Crippen molar-refractivity contribution in [2.75, 3.05) is 0 Å². The summed E-state index contributed by atoms with van der Waals surface area (Å²) in [6.45, 7) is 0. The summed E-state index contributed by atoms with van der Waals surface area (Å²) in [5, 5.41) is 0. The van der Waals surface area contributed by atoms with Gasteiger partial charge in [-0.2, -0.15) is 0 Å². The number of nitrogens with zero attached hydrogens (tertiary/aromatic N) is 1. The van der Waals surface area contributed by atoms with Crippen molar-refractivity contribution in [1.82, 2.24) is 19.9 Å². The number of fused-ring (bicyclic) bond motifs is 1. The molecule has 0 saturated heterocycles. The highest BCUT2D eigenvalue weighted by Crippen LogP contribution is 2.18. The van der Waals surface area contributed by atoms with Crippen LogP contribution in [0.25, 0.3) is 22.6 Å². The maximum absolute atomic E-state index is 5.19. The number of aromatic nitrogens is 4. The summed E-state index contributed by atoms with van der Waals surface area (Å²) in [4.78, 5) is 13.5. The number of aromatic amines is 3. The lowest BCUT2D eigenvalue weighted by Gasteiger charge is -1.93. The van der Waals surface area contributed by atoms with Crippen LogP contribution in [0.15, 0.2) is 30.3 Å². The molecule has 2 heterocycles. The molecule has 0 bridgehead atoms. The van der Waals surface area contributed by atoms with Crippen molar-refractivity contribution in [2.24, 2.45) is 0 Å². The van der Waals surface area contributed by atoms with E-state index in [4.69, 9.17) is 24.4 Å². The molecule has 0 atom stereocenters. The first-order valence-corrected chi connectivity index (χ1v) is 5.83. The van der Waals surface area contributed by atoms with E-state index >= 15 is 0 Å². The Kier molecular flexibility index (Phi) is 2.38. The Balaban J connectivity index is 2.31. The number of nitrogens with one attached hydrogen (secondary N) is 3. The summed E-state index contributed by atoms with van der Waals surface area (Å²) in [6.07, 6.45) is 0. The van der Waals surface area contributed by atoms with Crippen LogP contribution in [0, 0.1) is 9.41 Å². The molecule has 0 fully saturated rings. The van der Waals surface area contributed by atoms with Crippen molar-refractivity contribution >= 4 is 35.6 Å². The molecule has 4 nitrogen and oxygen atoms in total. The van der Waals surface area contributed by atoms with Gasteiger partial charge in [0, 0.05) is 5.56 Å². The second-order valence-corrected chi connectivity index (χ2v) is 4.40. The molecular weight excluding hydrogens is 252 g/mol. The number of benzene rings is 1. The standard InChI is InChI=1S/C11H8N4S2/c16-10-7-9(14-11(17)15-10)13-8(12-7)6-4-2-1-3-5-6/h1-5H,(H3,12,13,14,15,16,17). The Morgan fingerprint density at radius 1 is 0.941 bits per heavy atom. The van der Waals surface area contributed by atoms with Crippen LogP contribution in [0.2, 0.25) is 0 Å². The van der Waals surface area contributed by atoms with Gasteiger partial charge in [-0.1, -0.05) is 42.5 Å². The van der Waals surface area contributed by atoms with Crippen LogP contribution in [-0.4, -0.2) is 19.9 Å². The fourth-order valence-electron chi connectivity index (χ4n) is 1.67. The zero-order valence-electron chi connectivity index (χ0n) is 8.65. The third-order valence-electron chi connectivity index (χ3n) is 2.44. The molecule has 1 aromatic carbocycles. The molecule has 3 N–H and O–H groups in total. The SMILES string of the molecule is S=c1[nH]c(=S)c2[nH]c(-c3ccccc3)nc2[nH]1. The van der Waals surface area contributed by atoms with Crippen LogP contribution in [-0.2, 0) is 0 Å². The number of hydrogen-bond donors (Lipinski definition) is 3. The van der Waals surface area contributed by atoms with Crippen molar-refractivity contribution in [3.63, 3.8) is 0 Å². The van der Waals surface area contributed by atoms with Gasteiger partial charge in [-0.15, -0.1) is 0 Å². The number of imidazole rings is 1. The second kappa shape index (κ2) is 3.90. The molecule has 6 heteroatoms. The van der Waals surface area contributed by atoms with Gasteiger partial charge >= 0.3 is 0 Å². The van der Waals surface area contributed by atoms with Gasteiger partial charge in [-0.25, -0.2) is 4.98 Å². The van der Waals surface area contributed by atoms with E-state index in [1.54, 1.807) is 0 Å². The van der Waals surface area contributed by atoms with Crippen LogP contribution >= 0.6 is 24.4 Å². The van der Waals surface area contributed by atoms with Crippen molar-refractivity contribution in [2.45, 2.75) is 0 Å². The van der Waals surface area contributed by atoms with Gasteiger partial charge in [0.1, 0.15) is 16.0 Å². The van der Waals surface area contributed by atoms with Gasteiger partial charge in [0.25, 0.3) is 0 Å². The van der Waals surface area contributed by atoms with Crippen LogP contribution in [0.1, 0.15) is 0 Å². The molecule has 3 aromatic rings. The molecule has 0 aliphatic rings. The van der Waals surface area contributed by atoms with E-state index in [1.807, 2.05) is 30.3 Å². The van der Waals surface area contributed by atoms with Crippen LogP contribution in [0.4, 0.5) is 0 Å². The lowest BCUT2D eigenvalue weighted by molar-refractivity contribution is 1.15. The lowest BCUT2D eigenvalue weighted by Crippen LogP contribution is -1.83. The maximum atomic E-state index is 5.19. The Hall–Kier alpha value is -1.79. The molecule has 3 rings (SSSR count). The highest BCUT2D eigenvalue weighted by molar-refractivity contribution is 7.72. The molecule has 0 radical (unpaired) electrons. The predicted molar refractivity (Wildman–Crippen MR) is 71.9 cm³/mol. The minimum Gasteiger partial charge on any atom is -0.334 e. The summed E-state index contributed by atoms with van der Waals surface area (Å²) < 4.78 is 1.05. The molecule has 0 spiro atoms. The Morgan fingerprint density at radius 2 is 1.71 bits per heavy atom. The van der Waals surface area contributed by atoms with E-state index in [0.717, 1.165) is 16.9 Å². The van der Waals surface area contributed by atoms with Gasteiger partial charge < -0.3 is 15.0 Å². The molecule has 17 heavy (non-hydrogen) atoms. The first-order chi connectivity index (χ1) is 8.24. The molecular formula is C11H8N4S2. The third-order valence-corrected chi connectivity index (χ3v) is 2.95. The van der Waals surface area contributed by atoms with Crippen molar-refractivity contribution in [1.29, 1.82) is 0 Å². The minimum absolute atomic E-state index is 0.480. The van der Waals surface area contributed by atoms with E-state index in [1.165, 1.54) is 0 Å². The van der Waals surface area contributed by atoms with E-state index in [2.05, 4.69) is 19.9 Å². The van der Waals surface area contributed by atoms with E-state index in [9.17, 15) is 0 Å². The van der Waals surface area contributed by atoms with Crippen LogP contribution in [0.3, 0.4) is 0 Å². The Morgan fingerprint density at radius 3 is 2.47 bits per heavy atom. The first kappa shape index (κ1) is 10.4. The first-order valence-electron chi connectivity index (χ1n) is 5.02. The number of rotatable bonds is 1. The molecule has 0 saturated carbocycles. The van der Waals surface area contributed by atoms with Gasteiger partial charge in [0.15, 0.2) is 10.4 Å². The summed E-state index contributed by atoms with van der Waals surface area (Å²) in [5.41, 5.74) is 2.46. The Labute approximate surface area is 107 Å². The molecule has 2 aromatic heterocycles. The quantitative estimate of drug-likeness (QED) is 0.588. The summed E-state index contributed by atoms with van der Waals surface area (Å²) in [5.74, 6) is 0.775. The average molecular weight is 260 g/mol. The van der Waals surface area contributed by atoms with Crippen molar-refractivity contribution < 1.29 is 0 Å². The zero-order chi connectivity index (χ0) is 11.8. The van der Waals surface area contributed by atoms with Gasteiger partial charge in [0.05, 0.1) is 0 Å². The van der Waals surface area contributed by atoms with Gasteiger partial charge in [0.2, 0.25) is 0 Å². The topological polar surface area (TPSA) is 60.3 Å². The normalized spacial score (nSPS) is 10.8. The molecule has 0 amide bonds. The van der Waals surface area contributed by atoms with Gasteiger partial charge in [-0.3, -0.25) is 0 Å². The van der Waals surface area contributed by atoms with Crippen LogP contribution < -0.4 is 0 Å². The summed E-state index contributed by atoms with van der Waals surface area (Å²) >= 11 is 10.2. The Bertz CT molecular complexity index is 782. The minimum atomic E-state index is 0.480. The average Bonchev–Trinajstić information content (AvgIpc) is 2.74. The molecule has 0 unspecified atom stereocenters. The summed E-state index contributed by atoms with van der Waals surface area (Å²) in [6, 6.07) is 9.86. The highest BCUT2D eigenvalue weighted by atomic mass is 32.1. The molecule has 0 aliphatic heterocycles. The molecule has 84 valence electrons. The van der Waals surface area contributed by atoms with Crippen LogP contribution in [0.5, 0.6) is 0 Å². The smallest absolute Gasteiger partial charge is 0.177 e. The fourth-order valence-corrected chi connectivity index (χ4v) is 2.18. The summed E-state index contributed by atoms with van der Waals surface area (Å²) in [7, 11) is 0. The van der Waals surface area contributed by atoms with Crippen molar-refractivity contribution in [3.8, 4) is 11.4 Å². The second-order valence-electron chi connectivity index (χ2n) is 3.58.